The van der Waals surface area contributed by atoms with Crippen LogP contribution in [0.3, 0.4) is 0 Å². The molecule has 6 heteroatoms. The molecule has 2 rings (SSSR count). The summed E-state index contributed by atoms with van der Waals surface area (Å²) in [6, 6.07) is 11.7. The third-order valence-corrected chi connectivity index (χ3v) is 2.92. The first-order valence-electron chi connectivity index (χ1n) is 6.10. The Kier molecular flexibility index (Phi) is 4.03. The third-order valence-electron chi connectivity index (χ3n) is 2.92. The molecule has 0 fully saturated rings. The fourth-order valence-corrected chi connectivity index (χ4v) is 1.83. The van der Waals surface area contributed by atoms with Crippen LogP contribution in [0.25, 0.3) is 0 Å². The number of alkyl halides is 3. The Hall–Kier alpha value is -2.68. The Balaban J connectivity index is 2.16. The van der Waals surface area contributed by atoms with Gasteiger partial charge in [0.05, 0.1) is 28.6 Å². The number of hydrogen-bond donors (Lipinski definition) is 2. The van der Waals surface area contributed by atoms with E-state index in [1.54, 1.807) is 24.3 Å². The second-order valence-electron chi connectivity index (χ2n) is 4.47. The predicted molar refractivity (Wildman–Crippen MR) is 74.3 cm³/mol. The Morgan fingerprint density at radius 2 is 1.90 bits per heavy atom. The average Bonchev–Trinajstić information content (AvgIpc) is 2.46. The molecule has 108 valence electrons. The first-order valence-corrected chi connectivity index (χ1v) is 6.10. The third kappa shape index (κ3) is 3.66. The summed E-state index contributed by atoms with van der Waals surface area (Å²) in [7, 11) is 0. The normalized spacial score (nSPS) is 11.0. The van der Waals surface area contributed by atoms with Crippen LogP contribution in [-0.2, 0) is 12.7 Å². The maximum Gasteiger partial charge on any atom is 0.416 e. The van der Waals surface area contributed by atoms with Crippen LogP contribution in [0, 0.1) is 11.3 Å². The summed E-state index contributed by atoms with van der Waals surface area (Å²) in [5.74, 6) is 0. The second kappa shape index (κ2) is 5.75. The first-order chi connectivity index (χ1) is 9.90. The van der Waals surface area contributed by atoms with Crippen LogP contribution >= 0.6 is 0 Å². The van der Waals surface area contributed by atoms with E-state index in [2.05, 4.69) is 5.32 Å². The highest BCUT2D eigenvalue weighted by atomic mass is 19.4. The molecule has 2 aromatic rings. The molecular weight excluding hydrogens is 279 g/mol. The van der Waals surface area contributed by atoms with Gasteiger partial charge in [-0.15, -0.1) is 0 Å². The van der Waals surface area contributed by atoms with Crippen LogP contribution in [0.5, 0.6) is 0 Å². The Morgan fingerprint density at radius 1 is 1.14 bits per heavy atom. The molecule has 3 nitrogen and oxygen atoms in total. The minimum atomic E-state index is -4.37. The van der Waals surface area contributed by atoms with E-state index in [9.17, 15) is 13.2 Å². The number of nitrogens with one attached hydrogen (secondary N) is 1. The van der Waals surface area contributed by atoms with Gasteiger partial charge < -0.3 is 11.1 Å². The molecule has 0 saturated heterocycles. The van der Waals surface area contributed by atoms with Gasteiger partial charge >= 0.3 is 6.18 Å². The summed E-state index contributed by atoms with van der Waals surface area (Å²) in [4.78, 5) is 0. The lowest BCUT2D eigenvalue weighted by Gasteiger charge is -2.12. The topological polar surface area (TPSA) is 61.8 Å². The standard InChI is InChI=1S/C15H12F3N3/c16-15(17,18)12-3-1-2-11(6-12)9-21-14-7-10(8-19)4-5-13(14)20/h1-7,21H,9,20H2. The molecule has 0 saturated carbocycles. The van der Waals surface area contributed by atoms with Crippen molar-refractivity contribution < 1.29 is 13.2 Å². The molecule has 0 aliphatic carbocycles. The van der Waals surface area contributed by atoms with Crippen molar-refractivity contribution in [3.63, 3.8) is 0 Å². The van der Waals surface area contributed by atoms with Gasteiger partial charge in [0, 0.05) is 6.54 Å². The number of nitrogens with zero attached hydrogens (tertiary/aromatic N) is 1. The fourth-order valence-electron chi connectivity index (χ4n) is 1.83. The predicted octanol–water partition coefficient (Wildman–Crippen LogP) is 3.77. The number of nitriles is 1. The minimum Gasteiger partial charge on any atom is -0.397 e. The number of anilines is 2. The molecule has 21 heavy (non-hydrogen) atoms. The highest BCUT2D eigenvalue weighted by molar-refractivity contribution is 5.68. The van der Waals surface area contributed by atoms with Crippen LogP contribution < -0.4 is 11.1 Å². The van der Waals surface area contributed by atoms with Crippen molar-refractivity contribution in [3.05, 3.63) is 59.2 Å². The van der Waals surface area contributed by atoms with Gasteiger partial charge in [-0.3, -0.25) is 0 Å². The van der Waals surface area contributed by atoms with Crippen LogP contribution in [0.15, 0.2) is 42.5 Å². The van der Waals surface area contributed by atoms with Crippen LogP contribution in [0.2, 0.25) is 0 Å². The molecule has 0 heterocycles. The number of halogens is 3. The van der Waals surface area contributed by atoms with E-state index in [1.807, 2.05) is 6.07 Å². The van der Waals surface area contributed by atoms with Gasteiger partial charge in [0.25, 0.3) is 0 Å². The van der Waals surface area contributed by atoms with Gasteiger partial charge in [0.15, 0.2) is 0 Å². The molecule has 0 aliphatic heterocycles. The number of hydrogen-bond acceptors (Lipinski definition) is 3. The molecule has 0 aromatic heterocycles. The molecule has 0 spiro atoms. The fraction of sp³-hybridized carbons (Fsp3) is 0.133. The van der Waals surface area contributed by atoms with Crippen molar-refractivity contribution in [2.24, 2.45) is 0 Å². The molecular formula is C15H12F3N3. The smallest absolute Gasteiger partial charge is 0.397 e. The number of nitrogen functional groups attached to an aromatic ring is 1. The molecule has 3 N–H and O–H groups in total. The van der Waals surface area contributed by atoms with E-state index < -0.39 is 11.7 Å². The largest absolute Gasteiger partial charge is 0.416 e. The first kappa shape index (κ1) is 14.7. The molecule has 0 atom stereocenters. The summed E-state index contributed by atoms with van der Waals surface area (Å²) >= 11 is 0. The van der Waals surface area contributed by atoms with Crippen molar-refractivity contribution in [1.29, 1.82) is 5.26 Å². The summed E-state index contributed by atoms with van der Waals surface area (Å²) < 4.78 is 37.9. The molecule has 0 unspecified atom stereocenters. The number of nitrogens with two attached hydrogens (primary N) is 1. The zero-order valence-electron chi connectivity index (χ0n) is 10.9. The van der Waals surface area contributed by atoms with Crippen molar-refractivity contribution in [2.75, 3.05) is 11.1 Å². The number of benzene rings is 2. The molecule has 0 amide bonds. The van der Waals surface area contributed by atoms with Gasteiger partial charge in [-0.05, 0) is 35.9 Å². The van der Waals surface area contributed by atoms with Gasteiger partial charge in [0.1, 0.15) is 0 Å². The zero-order chi connectivity index (χ0) is 15.5. The average molecular weight is 291 g/mol. The molecule has 0 radical (unpaired) electrons. The Bertz CT molecular complexity index is 687. The van der Waals surface area contributed by atoms with Crippen LogP contribution in [0.4, 0.5) is 24.5 Å². The Labute approximate surface area is 119 Å². The molecule has 0 aliphatic rings. The quantitative estimate of drug-likeness (QED) is 0.846. The molecule has 2 aromatic carbocycles. The van der Waals surface area contributed by atoms with Crippen LogP contribution in [0.1, 0.15) is 16.7 Å². The maximum atomic E-state index is 12.6. The van der Waals surface area contributed by atoms with Gasteiger partial charge in [0.2, 0.25) is 0 Å². The van der Waals surface area contributed by atoms with E-state index in [0.29, 0.717) is 22.5 Å². The zero-order valence-corrected chi connectivity index (χ0v) is 10.9. The van der Waals surface area contributed by atoms with E-state index in [0.717, 1.165) is 12.1 Å². The molecule has 0 bridgehead atoms. The van der Waals surface area contributed by atoms with E-state index >= 15 is 0 Å². The van der Waals surface area contributed by atoms with Gasteiger partial charge in [-0.2, -0.15) is 18.4 Å². The SMILES string of the molecule is N#Cc1ccc(N)c(NCc2cccc(C(F)(F)F)c2)c1. The van der Waals surface area contributed by atoms with Crippen molar-refractivity contribution in [3.8, 4) is 6.07 Å². The summed E-state index contributed by atoms with van der Waals surface area (Å²) in [5.41, 5.74) is 6.92. The van der Waals surface area contributed by atoms with Crippen LogP contribution in [-0.4, -0.2) is 0 Å². The summed E-state index contributed by atoms with van der Waals surface area (Å²) in [6.07, 6.45) is -4.37. The van der Waals surface area contributed by atoms with Crippen molar-refractivity contribution in [2.45, 2.75) is 12.7 Å². The number of rotatable bonds is 3. The van der Waals surface area contributed by atoms with E-state index in [-0.39, 0.29) is 6.54 Å². The second-order valence-corrected chi connectivity index (χ2v) is 4.47. The maximum absolute atomic E-state index is 12.6. The Morgan fingerprint density at radius 3 is 2.57 bits per heavy atom. The highest BCUT2D eigenvalue weighted by Crippen LogP contribution is 2.29. The monoisotopic (exact) mass is 291 g/mol. The summed E-state index contributed by atoms with van der Waals surface area (Å²) in [5, 5.41) is 11.8. The summed E-state index contributed by atoms with van der Waals surface area (Å²) in [6.45, 7) is 0.184. The lowest BCUT2D eigenvalue weighted by Crippen LogP contribution is -2.07. The lowest BCUT2D eigenvalue weighted by atomic mass is 10.1. The minimum absolute atomic E-state index is 0.184. The van der Waals surface area contributed by atoms with E-state index in [1.165, 1.54) is 6.07 Å². The lowest BCUT2D eigenvalue weighted by molar-refractivity contribution is -0.137. The van der Waals surface area contributed by atoms with Gasteiger partial charge in [-0.25, -0.2) is 0 Å². The van der Waals surface area contributed by atoms with Crippen molar-refractivity contribution in [1.82, 2.24) is 0 Å². The van der Waals surface area contributed by atoms with Crippen molar-refractivity contribution >= 4 is 11.4 Å². The highest BCUT2D eigenvalue weighted by Gasteiger charge is 2.30. The van der Waals surface area contributed by atoms with E-state index in [4.69, 9.17) is 11.0 Å². The van der Waals surface area contributed by atoms with Gasteiger partial charge in [-0.1, -0.05) is 12.1 Å².